The van der Waals surface area contributed by atoms with Crippen LogP contribution >= 0.6 is 23.8 Å². The van der Waals surface area contributed by atoms with Crippen molar-refractivity contribution in [3.05, 3.63) is 40.9 Å². The number of hydrogen-bond donors (Lipinski definition) is 1. The van der Waals surface area contributed by atoms with E-state index in [1.165, 1.54) is 24.3 Å². The van der Waals surface area contributed by atoms with Gasteiger partial charge in [0, 0.05) is 11.1 Å². The lowest BCUT2D eigenvalue weighted by Gasteiger charge is -2.29. The number of nitrogens with zero attached hydrogens (tertiary/aromatic N) is 1. The van der Waals surface area contributed by atoms with Crippen molar-refractivity contribution in [3.63, 3.8) is 0 Å². The summed E-state index contributed by atoms with van der Waals surface area (Å²) in [4.78, 5) is 24.4. The summed E-state index contributed by atoms with van der Waals surface area (Å²) in [5.74, 6) is -2.34. The molecule has 9 heteroatoms. The van der Waals surface area contributed by atoms with Crippen LogP contribution in [0.15, 0.2) is 35.9 Å². The Morgan fingerprint density at radius 3 is 2.29 bits per heavy atom. The molecule has 0 atom stereocenters. The fourth-order valence-electron chi connectivity index (χ4n) is 1.65. The molecule has 0 aromatic heterocycles. The first-order valence-corrected chi connectivity index (χ1v) is 6.22. The molecule has 1 fully saturated rings. The van der Waals surface area contributed by atoms with Crippen molar-refractivity contribution in [3.8, 4) is 0 Å². The minimum Gasteiger partial charge on any atom is -0.298 e. The molecular formula is C12H6ClF3N2O2S. The highest BCUT2D eigenvalue weighted by atomic mass is 35.5. The summed E-state index contributed by atoms with van der Waals surface area (Å²) in [6, 6.07) is 5.68. The number of benzene rings is 1. The second kappa shape index (κ2) is 5.45. The number of alkyl halides is 3. The number of amides is 2. The zero-order chi connectivity index (χ0) is 15.8. The van der Waals surface area contributed by atoms with E-state index in [2.05, 4.69) is 0 Å². The standard InChI is InChI=1S/C12H6ClF3N2O2S/c13-6-1-3-7(4-2-6)18-10(20)8(5-12(14,15)16)9(19)17-11(18)21/h1-5H,(H,17,19,21)/b8-5-. The van der Waals surface area contributed by atoms with Crippen molar-refractivity contribution >= 4 is 46.4 Å². The van der Waals surface area contributed by atoms with Crippen LogP contribution < -0.4 is 10.2 Å². The highest BCUT2D eigenvalue weighted by molar-refractivity contribution is 7.80. The Morgan fingerprint density at radius 1 is 1.19 bits per heavy atom. The number of anilines is 1. The zero-order valence-electron chi connectivity index (χ0n) is 10.1. The monoisotopic (exact) mass is 334 g/mol. The van der Waals surface area contributed by atoms with Crippen LogP contribution in [-0.2, 0) is 9.59 Å². The summed E-state index contributed by atoms with van der Waals surface area (Å²) in [5, 5.41) is 2.12. The number of allylic oxidation sites excluding steroid dienone is 1. The van der Waals surface area contributed by atoms with Crippen molar-refractivity contribution in [2.45, 2.75) is 6.18 Å². The SMILES string of the molecule is O=C1NC(=S)N(c2ccc(Cl)cc2)C(=O)/C1=C\C(F)(F)F. The Balaban J connectivity index is 2.45. The van der Waals surface area contributed by atoms with Crippen molar-refractivity contribution < 1.29 is 22.8 Å². The van der Waals surface area contributed by atoms with Gasteiger partial charge in [-0.25, -0.2) is 0 Å². The van der Waals surface area contributed by atoms with Gasteiger partial charge in [-0.2, -0.15) is 13.2 Å². The maximum absolute atomic E-state index is 12.4. The predicted molar refractivity (Wildman–Crippen MR) is 73.8 cm³/mol. The summed E-state index contributed by atoms with van der Waals surface area (Å²) in [6.07, 6.45) is -5.15. The third kappa shape index (κ3) is 3.40. The molecule has 0 saturated carbocycles. The van der Waals surface area contributed by atoms with E-state index < -0.39 is 23.6 Å². The second-order valence-corrected chi connectivity index (χ2v) is 4.80. The second-order valence-electron chi connectivity index (χ2n) is 3.98. The Bertz CT molecular complexity index is 655. The molecule has 0 aliphatic carbocycles. The topological polar surface area (TPSA) is 49.4 Å². The van der Waals surface area contributed by atoms with Crippen LogP contribution in [0.1, 0.15) is 0 Å². The minimum atomic E-state index is -4.80. The fourth-order valence-corrected chi connectivity index (χ4v) is 2.05. The molecule has 1 aliphatic rings. The van der Waals surface area contributed by atoms with E-state index in [4.69, 9.17) is 23.8 Å². The minimum absolute atomic E-state index is 0.197. The summed E-state index contributed by atoms with van der Waals surface area (Å²) in [5.41, 5.74) is -0.839. The van der Waals surface area contributed by atoms with Crippen LogP contribution in [0, 0.1) is 0 Å². The summed E-state index contributed by atoms with van der Waals surface area (Å²) < 4.78 is 37.2. The highest BCUT2D eigenvalue weighted by Gasteiger charge is 2.38. The molecule has 1 saturated heterocycles. The van der Waals surface area contributed by atoms with E-state index in [9.17, 15) is 22.8 Å². The van der Waals surface area contributed by atoms with E-state index in [0.29, 0.717) is 5.02 Å². The Morgan fingerprint density at radius 2 is 1.76 bits per heavy atom. The lowest BCUT2D eigenvalue weighted by atomic mass is 10.1. The first-order valence-electron chi connectivity index (χ1n) is 5.44. The van der Waals surface area contributed by atoms with Crippen LogP contribution in [0.2, 0.25) is 5.02 Å². The largest absolute Gasteiger partial charge is 0.410 e. The number of carbonyl (C=O) groups is 2. The van der Waals surface area contributed by atoms with Gasteiger partial charge >= 0.3 is 6.18 Å². The molecule has 0 radical (unpaired) electrons. The van der Waals surface area contributed by atoms with Crippen LogP contribution in [0.25, 0.3) is 0 Å². The Hall–Kier alpha value is -1.93. The molecule has 21 heavy (non-hydrogen) atoms. The molecule has 2 rings (SSSR count). The van der Waals surface area contributed by atoms with Gasteiger partial charge in [-0.05, 0) is 36.5 Å². The van der Waals surface area contributed by atoms with Gasteiger partial charge in [0.15, 0.2) is 5.11 Å². The third-order valence-corrected chi connectivity index (χ3v) is 3.03. The van der Waals surface area contributed by atoms with Gasteiger partial charge in [-0.1, -0.05) is 11.6 Å². The number of nitrogens with one attached hydrogen (secondary N) is 1. The molecular weight excluding hydrogens is 329 g/mol. The summed E-state index contributed by atoms with van der Waals surface area (Å²) in [6.45, 7) is 0. The maximum Gasteiger partial charge on any atom is 0.410 e. The fraction of sp³-hybridized carbons (Fsp3) is 0.0833. The number of rotatable bonds is 1. The summed E-state index contributed by atoms with van der Waals surface area (Å²) >= 11 is 10.5. The van der Waals surface area contributed by atoms with Crippen molar-refractivity contribution in [1.29, 1.82) is 0 Å². The normalized spacial score (nSPS) is 18.2. The van der Waals surface area contributed by atoms with Crippen molar-refractivity contribution in [1.82, 2.24) is 5.32 Å². The molecule has 2 amide bonds. The number of carbonyl (C=O) groups excluding carboxylic acids is 2. The Kier molecular flexibility index (Phi) is 4.02. The highest BCUT2D eigenvalue weighted by Crippen LogP contribution is 2.25. The lowest BCUT2D eigenvalue weighted by Crippen LogP contribution is -2.54. The number of halogens is 4. The van der Waals surface area contributed by atoms with Crippen molar-refractivity contribution in [2.24, 2.45) is 0 Å². The molecule has 0 unspecified atom stereocenters. The smallest absolute Gasteiger partial charge is 0.298 e. The molecule has 110 valence electrons. The maximum atomic E-state index is 12.4. The lowest BCUT2D eigenvalue weighted by molar-refractivity contribution is -0.123. The molecule has 1 heterocycles. The van der Waals surface area contributed by atoms with Gasteiger partial charge in [0.1, 0.15) is 5.57 Å². The van der Waals surface area contributed by atoms with Gasteiger partial charge in [0.05, 0.1) is 5.69 Å². The van der Waals surface area contributed by atoms with E-state index in [0.717, 1.165) is 4.90 Å². The van der Waals surface area contributed by atoms with Crippen LogP contribution in [-0.4, -0.2) is 23.1 Å². The van der Waals surface area contributed by atoms with Gasteiger partial charge in [0.2, 0.25) is 0 Å². The molecule has 1 aliphatic heterocycles. The average Bonchev–Trinajstić information content (AvgIpc) is 2.35. The molecule has 1 aromatic carbocycles. The van der Waals surface area contributed by atoms with E-state index in [1.807, 2.05) is 5.32 Å². The molecule has 0 bridgehead atoms. The van der Waals surface area contributed by atoms with Crippen molar-refractivity contribution in [2.75, 3.05) is 4.90 Å². The van der Waals surface area contributed by atoms with Gasteiger partial charge in [0.25, 0.3) is 11.8 Å². The van der Waals surface area contributed by atoms with E-state index in [1.54, 1.807) is 0 Å². The zero-order valence-corrected chi connectivity index (χ0v) is 11.6. The molecule has 1 aromatic rings. The van der Waals surface area contributed by atoms with Crippen LogP contribution in [0.3, 0.4) is 0 Å². The number of hydrogen-bond acceptors (Lipinski definition) is 3. The number of thiocarbonyl (C=S) groups is 1. The quantitative estimate of drug-likeness (QED) is 0.488. The third-order valence-electron chi connectivity index (χ3n) is 2.49. The van der Waals surface area contributed by atoms with Gasteiger partial charge in [-0.15, -0.1) is 0 Å². The van der Waals surface area contributed by atoms with Crippen LogP contribution in [0.5, 0.6) is 0 Å². The molecule has 4 nitrogen and oxygen atoms in total. The first-order chi connectivity index (χ1) is 9.69. The van der Waals surface area contributed by atoms with Crippen LogP contribution in [0.4, 0.5) is 18.9 Å². The Labute approximate surface area is 127 Å². The molecule has 1 N–H and O–H groups in total. The predicted octanol–water partition coefficient (Wildman–Crippen LogP) is 2.58. The van der Waals surface area contributed by atoms with Gasteiger partial charge in [-0.3, -0.25) is 19.8 Å². The van der Waals surface area contributed by atoms with Gasteiger partial charge < -0.3 is 0 Å². The van der Waals surface area contributed by atoms with E-state index >= 15 is 0 Å². The molecule has 0 spiro atoms. The van der Waals surface area contributed by atoms with E-state index in [-0.39, 0.29) is 16.9 Å². The first kappa shape index (κ1) is 15.5. The summed E-state index contributed by atoms with van der Waals surface area (Å²) in [7, 11) is 0. The average molecular weight is 335 g/mol.